The summed E-state index contributed by atoms with van der Waals surface area (Å²) < 4.78 is 5.46. The van der Waals surface area contributed by atoms with Crippen molar-refractivity contribution in [3.8, 4) is 0 Å². The summed E-state index contributed by atoms with van der Waals surface area (Å²) in [5.74, 6) is 2.70. The van der Waals surface area contributed by atoms with E-state index in [1.807, 2.05) is 11.8 Å². The van der Waals surface area contributed by atoms with Crippen LogP contribution in [0.25, 0.3) is 0 Å². The Morgan fingerprint density at radius 1 is 1.35 bits per heavy atom. The normalized spacial score (nSPS) is 26.3. The fourth-order valence-corrected chi connectivity index (χ4v) is 4.61. The Hall–Kier alpha value is 0.280. The van der Waals surface area contributed by atoms with Crippen molar-refractivity contribution in [1.29, 1.82) is 0 Å². The van der Waals surface area contributed by atoms with Gasteiger partial charge in [0, 0.05) is 30.9 Å². The summed E-state index contributed by atoms with van der Waals surface area (Å²) in [6.07, 6.45) is 1.88. The van der Waals surface area contributed by atoms with Crippen molar-refractivity contribution in [2.24, 2.45) is 11.7 Å². The molecule has 138 valence electrons. The van der Waals surface area contributed by atoms with E-state index in [4.69, 9.17) is 10.5 Å². The van der Waals surface area contributed by atoms with E-state index < -0.39 is 0 Å². The van der Waals surface area contributed by atoms with Gasteiger partial charge in [-0.3, -0.25) is 9.69 Å². The molecule has 2 rings (SSSR count). The van der Waals surface area contributed by atoms with Gasteiger partial charge in [0.2, 0.25) is 5.91 Å². The summed E-state index contributed by atoms with van der Waals surface area (Å²) in [4.78, 5) is 14.7. The van der Waals surface area contributed by atoms with E-state index >= 15 is 0 Å². The number of rotatable bonds is 6. The number of amides is 1. The van der Waals surface area contributed by atoms with Crippen LogP contribution in [0, 0.1) is 5.92 Å². The Balaban J connectivity index is 0.00000242. The first-order chi connectivity index (χ1) is 10.0. The fourth-order valence-electron chi connectivity index (χ4n) is 3.13. The van der Waals surface area contributed by atoms with E-state index in [9.17, 15) is 4.79 Å². The number of nitrogens with one attached hydrogen (secondary N) is 1. The molecule has 8 heteroatoms. The van der Waals surface area contributed by atoms with Gasteiger partial charge in [-0.15, -0.1) is 24.8 Å². The van der Waals surface area contributed by atoms with Crippen LogP contribution in [-0.4, -0.2) is 66.7 Å². The number of halogens is 2. The second-order valence-electron chi connectivity index (χ2n) is 6.58. The van der Waals surface area contributed by atoms with Crippen molar-refractivity contribution in [2.45, 2.75) is 38.3 Å². The molecule has 2 aliphatic heterocycles. The molecule has 3 N–H and O–H groups in total. The van der Waals surface area contributed by atoms with Gasteiger partial charge in [0.1, 0.15) is 0 Å². The zero-order valence-electron chi connectivity index (χ0n) is 14.1. The molecule has 2 atom stereocenters. The van der Waals surface area contributed by atoms with Gasteiger partial charge >= 0.3 is 0 Å². The molecule has 2 aliphatic rings. The Kier molecular flexibility index (Phi) is 11.1. The molecule has 0 spiro atoms. The molecule has 2 fully saturated rings. The lowest BCUT2D eigenvalue weighted by atomic mass is 9.95. The van der Waals surface area contributed by atoms with Crippen molar-refractivity contribution in [2.75, 3.05) is 44.4 Å². The van der Waals surface area contributed by atoms with Crippen LogP contribution in [0.15, 0.2) is 0 Å². The van der Waals surface area contributed by atoms with Crippen LogP contribution in [0.1, 0.15) is 26.7 Å². The maximum Gasteiger partial charge on any atom is 0.236 e. The zero-order valence-corrected chi connectivity index (χ0v) is 16.5. The average molecular weight is 388 g/mol. The van der Waals surface area contributed by atoms with Gasteiger partial charge < -0.3 is 15.8 Å². The van der Waals surface area contributed by atoms with E-state index in [0.717, 1.165) is 44.9 Å². The summed E-state index contributed by atoms with van der Waals surface area (Å²) in [6.45, 7) is 8.43. The number of nitrogens with zero attached hydrogens (tertiary/aromatic N) is 1. The molecule has 0 aromatic carbocycles. The highest BCUT2D eigenvalue weighted by Crippen LogP contribution is 2.33. The van der Waals surface area contributed by atoms with Crippen molar-refractivity contribution in [3.63, 3.8) is 0 Å². The maximum absolute atomic E-state index is 12.2. The van der Waals surface area contributed by atoms with Gasteiger partial charge in [0.15, 0.2) is 0 Å². The number of hydrogen-bond acceptors (Lipinski definition) is 5. The van der Waals surface area contributed by atoms with Crippen molar-refractivity contribution in [1.82, 2.24) is 10.2 Å². The number of carbonyl (C=O) groups excluding carboxylic acids is 1. The first-order valence-corrected chi connectivity index (χ1v) is 9.13. The van der Waals surface area contributed by atoms with Crippen LogP contribution >= 0.6 is 36.6 Å². The lowest BCUT2D eigenvalue weighted by molar-refractivity contribution is -0.123. The van der Waals surface area contributed by atoms with Gasteiger partial charge in [-0.2, -0.15) is 11.8 Å². The summed E-state index contributed by atoms with van der Waals surface area (Å²) >= 11 is 1.98. The van der Waals surface area contributed by atoms with Crippen LogP contribution in [0.5, 0.6) is 0 Å². The topological polar surface area (TPSA) is 67.6 Å². The van der Waals surface area contributed by atoms with Gasteiger partial charge in [0.25, 0.3) is 0 Å². The third-order valence-corrected chi connectivity index (χ3v) is 5.65. The lowest BCUT2D eigenvalue weighted by Gasteiger charge is -2.43. The van der Waals surface area contributed by atoms with Crippen LogP contribution in [0.4, 0.5) is 0 Å². The highest BCUT2D eigenvalue weighted by molar-refractivity contribution is 7.99. The van der Waals surface area contributed by atoms with Crippen LogP contribution in [-0.2, 0) is 9.53 Å². The Bertz CT molecular complexity index is 350. The predicted octanol–water partition coefficient (Wildman–Crippen LogP) is 1.53. The fraction of sp³-hybridized carbons (Fsp3) is 0.933. The summed E-state index contributed by atoms with van der Waals surface area (Å²) in [5, 5.41) is 3.11. The van der Waals surface area contributed by atoms with Crippen LogP contribution in [0.3, 0.4) is 0 Å². The van der Waals surface area contributed by atoms with Crippen LogP contribution in [0.2, 0.25) is 0 Å². The van der Waals surface area contributed by atoms with Gasteiger partial charge in [-0.05, 0) is 24.5 Å². The Labute approximate surface area is 156 Å². The molecule has 0 saturated carbocycles. The summed E-state index contributed by atoms with van der Waals surface area (Å²) in [5.41, 5.74) is 6.07. The van der Waals surface area contributed by atoms with E-state index in [0.29, 0.717) is 12.5 Å². The molecule has 1 amide bonds. The first kappa shape index (κ1) is 23.3. The first-order valence-electron chi connectivity index (χ1n) is 7.97. The molecule has 0 aromatic rings. The maximum atomic E-state index is 12.2. The molecule has 0 radical (unpaired) electrons. The lowest BCUT2D eigenvalue weighted by Crippen LogP contribution is -2.60. The molecular formula is C15H31Cl2N3O2S. The highest BCUT2D eigenvalue weighted by Gasteiger charge is 2.41. The molecular weight excluding hydrogens is 357 g/mol. The number of hydrogen-bond donors (Lipinski definition) is 2. The molecule has 5 nitrogen and oxygen atoms in total. The van der Waals surface area contributed by atoms with Crippen molar-refractivity contribution >= 4 is 42.5 Å². The molecule has 0 bridgehead atoms. The third kappa shape index (κ3) is 6.59. The van der Waals surface area contributed by atoms with Crippen LogP contribution < -0.4 is 11.1 Å². The summed E-state index contributed by atoms with van der Waals surface area (Å²) in [7, 11) is 0. The van der Waals surface area contributed by atoms with E-state index in [2.05, 4.69) is 24.1 Å². The molecule has 2 heterocycles. The molecule has 0 aliphatic carbocycles. The Morgan fingerprint density at radius 2 is 2.00 bits per heavy atom. The van der Waals surface area contributed by atoms with Gasteiger partial charge in [-0.1, -0.05) is 13.8 Å². The number of thioether (sulfide) groups is 1. The van der Waals surface area contributed by atoms with E-state index in [1.54, 1.807) is 0 Å². The predicted molar refractivity (Wildman–Crippen MR) is 102 cm³/mol. The number of nitrogens with two attached hydrogens (primary N) is 1. The van der Waals surface area contributed by atoms with Crippen molar-refractivity contribution in [3.05, 3.63) is 0 Å². The zero-order chi connectivity index (χ0) is 15.3. The van der Waals surface area contributed by atoms with Crippen molar-refractivity contribution < 1.29 is 9.53 Å². The molecule has 1 unspecified atom stereocenters. The average Bonchev–Trinajstić information content (AvgIpc) is 2.95. The third-order valence-electron chi connectivity index (χ3n) is 4.42. The number of carbonyl (C=O) groups is 1. The largest absolute Gasteiger partial charge is 0.379 e. The number of morpholine rings is 1. The molecule has 2 saturated heterocycles. The molecule has 23 heavy (non-hydrogen) atoms. The Morgan fingerprint density at radius 3 is 2.52 bits per heavy atom. The van der Waals surface area contributed by atoms with E-state index in [-0.39, 0.29) is 42.3 Å². The monoisotopic (exact) mass is 387 g/mol. The quantitative estimate of drug-likeness (QED) is 0.722. The SMILES string of the molecule is CC(C)C[C@H](N)C(=O)NCC1(N2CCOCC2)CCSC1.Cl.Cl. The van der Waals surface area contributed by atoms with Gasteiger partial charge in [0.05, 0.1) is 19.3 Å². The van der Waals surface area contributed by atoms with E-state index in [1.165, 1.54) is 5.75 Å². The summed E-state index contributed by atoms with van der Waals surface area (Å²) in [6, 6.07) is -0.388. The molecule has 0 aromatic heterocycles. The standard InChI is InChI=1S/C15H29N3O2S.2ClH/c1-12(2)9-13(16)14(19)17-10-15(3-8-21-11-15)18-4-6-20-7-5-18;;/h12-13H,3-11,16H2,1-2H3,(H,17,19);2*1H/t13-,15?;;/m0../s1. The second-order valence-corrected chi connectivity index (χ2v) is 7.69. The minimum Gasteiger partial charge on any atom is -0.379 e. The smallest absolute Gasteiger partial charge is 0.236 e. The minimum atomic E-state index is -0.388. The highest BCUT2D eigenvalue weighted by atomic mass is 35.5. The second kappa shape index (κ2) is 11.0. The van der Waals surface area contributed by atoms with Gasteiger partial charge in [-0.25, -0.2) is 0 Å². The minimum absolute atomic E-state index is 0. The number of ether oxygens (including phenoxy) is 1.